The van der Waals surface area contributed by atoms with Crippen LogP contribution in [0, 0.1) is 5.92 Å². The molecule has 0 bridgehead atoms. The summed E-state index contributed by atoms with van der Waals surface area (Å²) in [4.78, 5) is 13.4. The van der Waals surface area contributed by atoms with Crippen LogP contribution in [0.5, 0.6) is 5.75 Å². The Morgan fingerprint density at radius 1 is 0.860 bits per heavy atom. The lowest BCUT2D eigenvalue weighted by molar-refractivity contribution is -0.221. The number of carbonyl (C=O) groups is 1. The lowest BCUT2D eigenvalue weighted by Gasteiger charge is -2.46. The second-order valence-corrected chi connectivity index (χ2v) is 13.8. The molecule has 1 unspecified atom stereocenters. The molecule has 0 N–H and O–H groups in total. The van der Waals surface area contributed by atoms with Crippen molar-refractivity contribution in [3.8, 4) is 5.75 Å². The molecule has 0 saturated heterocycles. The van der Waals surface area contributed by atoms with Crippen LogP contribution in [-0.2, 0) is 26.8 Å². The standard InChI is InChI=1S/C31H33F6NO4S/c32-30(33,34)16-2-1-3-17-42-26-12-10-25(11-13-26)29(31(35,36)37)20-24(19-28(39)38(29)43(40,41)27-14-15-27)23-8-6-22(7-9-23)18-21-4-5-21/h6-13,19,21,27H,1-5,14-18,20H2. The van der Waals surface area contributed by atoms with Crippen LogP contribution >= 0.6 is 0 Å². The number of hydrogen-bond donors (Lipinski definition) is 0. The molecule has 2 fully saturated rings. The van der Waals surface area contributed by atoms with Crippen LogP contribution in [-0.4, -0.2) is 42.8 Å². The molecule has 3 aliphatic rings. The van der Waals surface area contributed by atoms with E-state index in [2.05, 4.69) is 0 Å². The number of sulfonamides is 1. The smallest absolute Gasteiger partial charge is 0.417 e. The number of ether oxygens (including phenoxy) is 1. The van der Waals surface area contributed by atoms with Gasteiger partial charge in [-0.1, -0.05) is 36.4 Å². The van der Waals surface area contributed by atoms with Gasteiger partial charge in [0.2, 0.25) is 10.0 Å². The zero-order valence-corrected chi connectivity index (χ0v) is 24.2. The van der Waals surface area contributed by atoms with E-state index in [1.165, 1.54) is 12.1 Å². The SMILES string of the molecule is O=C1C=C(c2ccc(CC3CC3)cc2)CC(c2ccc(OCCCCCC(F)(F)F)cc2)(C(F)(F)F)N1S(=O)(=O)C1CC1. The second-order valence-electron chi connectivity index (χ2n) is 11.7. The summed E-state index contributed by atoms with van der Waals surface area (Å²) in [7, 11) is -4.63. The quantitative estimate of drug-likeness (QED) is 0.178. The first-order chi connectivity index (χ1) is 20.2. The van der Waals surface area contributed by atoms with E-state index in [0.717, 1.165) is 43.0 Å². The third-order valence-electron chi connectivity index (χ3n) is 8.21. The van der Waals surface area contributed by atoms with E-state index >= 15 is 13.2 Å². The number of nitrogens with zero attached hydrogens (tertiary/aromatic N) is 1. The Labute approximate surface area is 247 Å². The van der Waals surface area contributed by atoms with Crippen molar-refractivity contribution in [1.29, 1.82) is 0 Å². The molecule has 5 rings (SSSR count). The predicted molar refractivity (Wildman–Crippen MR) is 148 cm³/mol. The molecule has 43 heavy (non-hydrogen) atoms. The third-order valence-corrected chi connectivity index (χ3v) is 10.5. The minimum Gasteiger partial charge on any atom is -0.494 e. The molecule has 0 spiro atoms. The van der Waals surface area contributed by atoms with Crippen LogP contribution in [0.1, 0.15) is 74.5 Å². The zero-order chi connectivity index (χ0) is 31.0. The van der Waals surface area contributed by atoms with Gasteiger partial charge < -0.3 is 4.74 Å². The van der Waals surface area contributed by atoms with E-state index in [0.29, 0.717) is 17.9 Å². The summed E-state index contributed by atoms with van der Waals surface area (Å²) in [6.07, 6.45) is -6.06. The Kier molecular flexibility index (Phi) is 8.63. The summed E-state index contributed by atoms with van der Waals surface area (Å²) in [5, 5.41) is -1.06. The van der Waals surface area contributed by atoms with Gasteiger partial charge in [0.05, 0.1) is 11.9 Å². The Balaban J connectivity index is 1.43. The van der Waals surface area contributed by atoms with Crippen LogP contribution in [0.15, 0.2) is 54.6 Å². The van der Waals surface area contributed by atoms with Crippen LogP contribution in [0.25, 0.3) is 5.57 Å². The molecule has 1 atom stereocenters. The molecule has 0 aromatic heterocycles. The van der Waals surface area contributed by atoms with Crippen LogP contribution in [0.4, 0.5) is 26.3 Å². The van der Waals surface area contributed by atoms with Crippen molar-refractivity contribution in [2.45, 2.75) is 87.3 Å². The summed E-state index contributed by atoms with van der Waals surface area (Å²) in [5.74, 6) is -0.453. The molecule has 1 amide bonds. The van der Waals surface area contributed by atoms with Gasteiger partial charge in [0.1, 0.15) is 5.75 Å². The summed E-state index contributed by atoms with van der Waals surface area (Å²) < 4.78 is 115. The Hall–Kier alpha value is -3.02. The predicted octanol–water partition coefficient (Wildman–Crippen LogP) is 7.71. The number of benzene rings is 2. The van der Waals surface area contributed by atoms with Gasteiger partial charge in [-0.2, -0.15) is 26.3 Å². The first-order valence-corrected chi connectivity index (χ1v) is 16.0. The summed E-state index contributed by atoms with van der Waals surface area (Å²) in [6, 6.07) is 11.7. The molecular formula is C31H33F6NO4S. The number of amides is 1. The lowest BCUT2D eigenvalue weighted by atomic mass is 9.78. The van der Waals surface area contributed by atoms with E-state index in [4.69, 9.17) is 4.74 Å². The number of carbonyl (C=O) groups excluding carboxylic acids is 1. The molecule has 2 aromatic rings. The van der Waals surface area contributed by atoms with Crippen LogP contribution < -0.4 is 4.74 Å². The van der Waals surface area contributed by atoms with Gasteiger partial charge in [-0.05, 0) is 91.7 Å². The summed E-state index contributed by atoms with van der Waals surface area (Å²) >= 11 is 0. The number of rotatable bonds is 12. The van der Waals surface area contributed by atoms with Crippen molar-refractivity contribution in [3.63, 3.8) is 0 Å². The van der Waals surface area contributed by atoms with Gasteiger partial charge >= 0.3 is 12.4 Å². The molecule has 2 saturated carbocycles. The minimum absolute atomic E-state index is 0.0408. The maximum Gasteiger partial charge on any atom is 0.417 e. The number of hydrogen-bond acceptors (Lipinski definition) is 4. The van der Waals surface area contributed by atoms with Gasteiger partial charge in [0, 0.05) is 18.9 Å². The van der Waals surface area contributed by atoms with Crippen molar-refractivity contribution in [2.24, 2.45) is 5.92 Å². The summed E-state index contributed by atoms with van der Waals surface area (Å²) in [5.41, 5.74) is -2.06. The van der Waals surface area contributed by atoms with Crippen molar-refractivity contribution in [1.82, 2.24) is 4.31 Å². The second kappa shape index (κ2) is 11.8. The monoisotopic (exact) mass is 629 g/mol. The van der Waals surface area contributed by atoms with Crippen molar-refractivity contribution >= 4 is 21.5 Å². The fraction of sp³-hybridized carbons (Fsp3) is 0.516. The average Bonchev–Trinajstić information content (AvgIpc) is 3.84. The Morgan fingerprint density at radius 3 is 2.07 bits per heavy atom. The molecule has 0 radical (unpaired) electrons. The van der Waals surface area contributed by atoms with Crippen molar-refractivity contribution < 1.29 is 44.3 Å². The highest BCUT2D eigenvalue weighted by atomic mass is 32.2. The van der Waals surface area contributed by atoms with E-state index in [9.17, 15) is 26.4 Å². The highest BCUT2D eigenvalue weighted by Gasteiger charge is 2.67. The van der Waals surface area contributed by atoms with Gasteiger partial charge in [-0.25, -0.2) is 12.7 Å². The Bertz CT molecular complexity index is 1440. The highest BCUT2D eigenvalue weighted by Crippen LogP contribution is 2.54. The van der Waals surface area contributed by atoms with Crippen LogP contribution in [0.3, 0.4) is 0 Å². The molecule has 234 valence electrons. The molecule has 1 aliphatic heterocycles. The zero-order valence-electron chi connectivity index (χ0n) is 23.4. The number of alkyl halides is 6. The first-order valence-electron chi connectivity index (χ1n) is 14.5. The lowest BCUT2D eigenvalue weighted by Crippen LogP contribution is -2.62. The van der Waals surface area contributed by atoms with Crippen LogP contribution in [0.2, 0.25) is 0 Å². The molecular weight excluding hydrogens is 596 g/mol. The molecule has 2 aliphatic carbocycles. The van der Waals surface area contributed by atoms with Gasteiger partial charge in [0.15, 0.2) is 5.54 Å². The van der Waals surface area contributed by atoms with E-state index in [-0.39, 0.29) is 47.9 Å². The van der Waals surface area contributed by atoms with Crippen molar-refractivity contribution in [3.05, 3.63) is 71.3 Å². The highest BCUT2D eigenvalue weighted by molar-refractivity contribution is 7.90. The minimum atomic E-state index is -5.17. The molecule has 1 heterocycles. The molecule has 2 aromatic carbocycles. The summed E-state index contributed by atoms with van der Waals surface area (Å²) in [6.45, 7) is 0.0614. The van der Waals surface area contributed by atoms with Gasteiger partial charge in [-0.3, -0.25) is 4.79 Å². The van der Waals surface area contributed by atoms with Gasteiger partial charge in [-0.15, -0.1) is 0 Å². The van der Waals surface area contributed by atoms with E-state index in [1.807, 2.05) is 12.1 Å². The normalized spacial score (nSPS) is 21.6. The molecule has 12 heteroatoms. The molecule has 5 nitrogen and oxygen atoms in total. The largest absolute Gasteiger partial charge is 0.494 e. The fourth-order valence-corrected chi connectivity index (χ4v) is 7.61. The number of unbranched alkanes of at least 4 members (excludes halogenated alkanes) is 2. The number of halogens is 6. The average molecular weight is 630 g/mol. The maximum absolute atomic E-state index is 15.3. The van der Waals surface area contributed by atoms with E-state index in [1.54, 1.807) is 12.1 Å². The maximum atomic E-state index is 15.3. The fourth-order valence-electron chi connectivity index (χ4n) is 5.57. The Morgan fingerprint density at radius 2 is 1.51 bits per heavy atom. The van der Waals surface area contributed by atoms with Gasteiger partial charge in [0.25, 0.3) is 5.91 Å². The topological polar surface area (TPSA) is 63.7 Å². The first kappa shape index (κ1) is 31.4. The van der Waals surface area contributed by atoms with Crippen molar-refractivity contribution in [2.75, 3.05) is 6.61 Å². The van der Waals surface area contributed by atoms with E-state index < -0.39 is 57.5 Å². The third kappa shape index (κ3) is 7.05.